The molecule has 2 saturated heterocycles. The number of morpholine rings is 1. The van der Waals surface area contributed by atoms with Crippen molar-refractivity contribution in [3.8, 4) is 5.75 Å². The van der Waals surface area contributed by atoms with Crippen molar-refractivity contribution in [1.82, 2.24) is 5.32 Å². The van der Waals surface area contributed by atoms with E-state index in [1.807, 2.05) is 24.3 Å². The lowest BCUT2D eigenvalue weighted by atomic mass is 9.53. The van der Waals surface area contributed by atoms with Crippen LogP contribution < -0.4 is 10.1 Å². The number of ether oxygens (including phenoxy) is 2. The monoisotopic (exact) mass is 543 g/mol. The minimum absolute atomic E-state index is 0.0838. The van der Waals surface area contributed by atoms with Crippen molar-refractivity contribution in [1.29, 1.82) is 0 Å². The Balaban J connectivity index is 1.39. The fourth-order valence-corrected chi connectivity index (χ4v) is 11.2. The third-order valence-electron chi connectivity index (χ3n) is 12.4. The number of Topliss-reactive ketones (excluding diaryl/α,β-unsaturated/α-hetero) is 1. The van der Waals surface area contributed by atoms with Gasteiger partial charge in [0.15, 0.2) is 17.6 Å². The Morgan fingerprint density at radius 3 is 2.45 bits per heavy atom. The highest BCUT2D eigenvalue weighted by Crippen LogP contribution is 2.69. The zero-order valence-electron chi connectivity index (χ0n) is 24.4. The van der Waals surface area contributed by atoms with E-state index in [0.717, 1.165) is 24.2 Å². The number of aliphatic hydroxyl groups is 1. The van der Waals surface area contributed by atoms with Gasteiger partial charge >= 0.3 is 0 Å². The topological polar surface area (TPSA) is 88.2 Å². The summed E-state index contributed by atoms with van der Waals surface area (Å²) in [5, 5.41) is 14.5. The van der Waals surface area contributed by atoms with Gasteiger partial charge in [0, 0.05) is 29.6 Å². The molecule has 0 spiro atoms. The minimum atomic E-state index is -1.64. The van der Waals surface area contributed by atoms with Gasteiger partial charge in [-0.15, -0.1) is 0 Å². The summed E-state index contributed by atoms with van der Waals surface area (Å²) in [5.74, 6) is 1.88. The number of epoxide rings is 1. The summed E-state index contributed by atoms with van der Waals surface area (Å²) in [5.41, 5.74) is 1.13. The summed E-state index contributed by atoms with van der Waals surface area (Å²) >= 11 is 0. The van der Waals surface area contributed by atoms with E-state index < -0.39 is 34.7 Å². The molecule has 1 aromatic rings. The molecule has 4 aliphatic heterocycles. The van der Waals surface area contributed by atoms with Gasteiger partial charge in [-0.2, -0.15) is 0 Å². The lowest BCUT2D eigenvalue weighted by molar-refractivity contribution is -0.145. The van der Waals surface area contributed by atoms with E-state index in [1.54, 1.807) is 0 Å². The van der Waals surface area contributed by atoms with E-state index in [-0.39, 0.29) is 36.1 Å². The average molecular weight is 544 g/mol. The smallest absolute Gasteiger partial charge is 0.265 e. The highest BCUT2D eigenvalue weighted by Gasteiger charge is 2.83. The second-order valence-electron chi connectivity index (χ2n) is 14.7. The molecule has 6 nitrogen and oxygen atoms in total. The molecule has 4 aliphatic carbocycles. The van der Waals surface area contributed by atoms with Crippen LogP contribution in [-0.4, -0.2) is 40.3 Å². The first-order valence-electron chi connectivity index (χ1n) is 15.3. The van der Waals surface area contributed by atoms with Crippen LogP contribution in [0.5, 0.6) is 5.75 Å². The fraction of sp³-hybridized carbons (Fsp3) is 0.647. The summed E-state index contributed by atoms with van der Waals surface area (Å²) < 4.78 is 13.1. The summed E-state index contributed by atoms with van der Waals surface area (Å²) in [4.78, 5) is 28.8. The maximum Gasteiger partial charge on any atom is 0.265 e. The van der Waals surface area contributed by atoms with Crippen molar-refractivity contribution in [2.24, 2.45) is 52.8 Å². The molecule has 4 fully saturated rings. The number of carbonyl (C=O) groups excluding carboxylic acids is 2. The molecule has 13 atom stereocenters. The molecule has 8 aliphatic rings. The number of hydrogen-bond donors (Lipinski definition) is 2. The molecule has 0 aromatic heterocycles. The molecule has 4 heterocycles. The Hall–Kier alpha value is -2.44. The van der Waals surface area contributed by atoms with Gasteiger partial charge in [-0.25, -0.2) is 0 Å². The Kier molecular flexibility index (Phi) is 4.86. The normalized spacial score (nSPS) is 51.8. The van der Waals surface area contributed by atoms with E-state index in [2.05, 4.69) is 52.9 Å². The van der Waals surface area contributed by atoms with Crippen LogP contribution in [0, 0.1) is 52.8 Å². The second-order valence-corrected chi connectivity index (χ2v) is 14.7. The first kappa shape index (κ1) is 25.3. The van der Waals surface area contributed by atoms with Crippen LogP contribution in [-0.2, 0) is 20.7 Å². The highest BCUT2D eigenvalue weighted by molar-refractivity contribution is 6.16. The molecule has 1 aromatic carbocycles. The maximum atomic E-state index is 15.1. The number of fused-ring (bicyclic) bond motifs is 5. The van der Waals surface area contributed by atoms with Crippen molar-refractivity contribution in [2.75, 3.05) is 0 Å². The molecular formula is C34H41NO5. The standard InChI is InChI=1S/C34H41NO5/c1-15-11-16(2)23-22(12-15)24-19(5)26-18(4)17(3)13-32(26,6)27-25(24)28(23)39-21-9-7-20(8-10-21)14-33(38)30-34(40-30,29(27)36)31(37)35-33/h7-10,13,15-16,18,22-25,27-28,30,38H,11-12,14H2,1-6H3,(H,35,37)/t15-,16+,18-,22-,23-,24-,25+,27-,28-,30+,32-,33?,34?/m0/s1. The molecular weight excluding hydrogens is 502 g/mol. The third kappa shape index (κ3) is 2.87. The number of ketones is 1. The van der Waals surface area contributed by atoms with Gasteiger partial charge in [0.1, 0.15) is 11.9 Å². The average Bonchev–Trinajstić information content (AvgIpc) is 3.45. The van der Waals surface area contributed by atoms with Gasteiger partial charge in [-0.3, -0.25) is 9.59 Å². The summed E-state index contributed by atoms with van der Waals surface area (Å²) in [6, 6.07) is 7.91. The quantitative estimate of drug-likeness (QED) is 0.284. The van der Waals surface area contributed by atoms with Gasteiger partial charge in [-0.1, -0.05) is 62.6 Å². The first-order valence-corrected chi connectivity index (χ1v) is 15.3. The Bertz CT molecular complexity index is 1410. The summed E-state index contributed by atoms with van der Waals surface area (Å²) in [6.45, 7) is 13.7. The Morgan fingerprint density at radius 1 is 1.02 bits per heavy atom. The molecule has 6 heteroatoms. The van der Waals surface area contributed by atoms with Crippen LogP contribution in [0.1, 0.15) is 59.9 Å². The van der Waals surface area contributed by atoms with Crippen LogP contribution >= 0.6 is 0 Å². The van der Waals surface area contributed by atoms with Crippen molar-refractivity contribution in [3.63, 3.8) is 0 Å². The molecule has 2 unspecified atom stereocenters. The molecule has 40 heavy (non-hydrogen) atoms. The predicted octanol–water partition coefficient (Wildman–Crippen LogP) is 4.61. The number of rotatable bonds is 0. The number of benzene rings is 1. The highest BCUT2D eigenvalue weighted by atomic mass is 16.6. The number of amides is 1. The zero-order chi connectivity index (χ0) is 28.1. The second kappa shape index (κ2) is 7.69. The SMILES string of the molecule is CC1=C[C@@]2(C)C(=C(C)[C@H]3[C@H]4C[C@@H](C)C[C@@H](C)[C@@H]4[C@@H]4Oc5ccc(cc5)CC5(O)NC(=O)C6(O[C@H]56)C(=O)[C@@H]2[C@H]43)[C@H]1C. The molecule has 2 saturated carbocycles. The molecule has 0 radical (unpaired) electrons. The van der Waals surface area contributed by atoms with Gasteiger partial charge < -0.3 is 19.9 Å². The third-order valence-corrected chi connectivity index (χ3v) is 12.4. The van der Waals surface area contributed by atoms with Crippen molar-refractivity contribution in [3.05, 3.63) is 52.6 Å². The summed E-state index contributed by atoms with van der Waals surface area (Å²) in [7, 11) is 0. The van der Waals surface area contributed by atoms with Gasteiger partial charge in [0.05, 0.1) is 0 Å². The lowest BCUT2D eigenvalue weighted by Crippen LogP contribution is -2.55. The molecule has 4 bridgehead atoms. The van der Waals surface area contributed by atoms with E-state index >= 15 is 4.79 Å². The molecule has 1 amide bonds. The van der Waals surface area contributed by atoms with Crippen LogP contribution in [0.25, 0.3) is 0 Å². The van der Waals surface area contributed by atoms with Crippen LogP contribution in [0.15, 0.2) is 47.1 Å². The first-order chi connectivity index (χ1) is 18.9. The minimum Gasteiger partial charge on any atom is -0.490 e. The molecule has 212 valence electrons. The number of nitrogens with one attached hydrogen (secondary N) is 1. The predicted molar refractivity (Wildman–Crippen MR) is 149 cm³/mol. The summed E-state index contributed by atoms with van der Waals surface area (Å²) in [6.07, 6.45) is 3.74. The largest absolute Gasteiger partial charge is 0.490 e. The van der Waals surface area contributed by atoms with Crippen molar-refractivity contribution < 1.29 is 24.2 Å². The molecule has 2 N–H and O–H groups in total. The number of hydrogen-bond acceptors (Lipinski definition) is 5. The van der Waals surface area contributed by atoms with Gasteiger partial charge in [0.2, 0.25) is 5.60 Å². The van der Waals surface area contributed by atoms with Crippen molar-refractivity contribution >= 4 is 11.7 Å². The van der Waals surface area contributed by atoms with Gasteiger partial charge in [-0.05, 0) is 74.0 Å². The number of carbonyl (C=O) groups is 2. The Morgan fingerprint density at radius 2 is 1.75 bits per heavy atom. The number of allylic oxidation sites excluding steroid dienone is 4. The van der Waals surface area contributed by atoms with Crippen LogP contribution in [0.2, 0.25) is 0 Å². The Labute approximate surface area is 236 Å². The molecule has 9 rings (SSSR count). The van der Waals surface area contributed by atoms with Gasteiger partial charge in [0.25, 0.3) is 5.91 Å². The van der Waals surface area contributed by atoms with E-state index in [1.165, 1.54) is 16.7 Å². The zero-order valence-corrected chi connectivity index (χ0v) is 24.4. The van der Waals surface area contributed by atoms with Crippen LogP contribution in [0.4, 0.5) is 0 Å². The van der Waals surface area contributed by atoms with E-state index in [9.17, 15) is 9.90 Å². The fourth-order valence-electron chi connectivity index (χ4n) is 11.2. The van der Waals surface area contributed by atoms with Crippen LogP contribution in [0.3, 0.4) is 0 Å². The van der Waals surface area contributed by atoms with E-state index in [0.29, 0.717) is 23.7 Å². The van der Waals surface area contributed by atoms with Crippen molar-refractivity contribution in [2.45, 2.75) is 84.3 Å². The maximum absolute atomic E-state index is 15.1. The lowest BCUT2D eigenvalue weighted by Gasteiger charge is -2.49. The van der Waals surface area contributed by atoms with E-state index in [4.69, 9.17) is 9.47 Å².